The number of likely N-dealkylation sites (tertiary alicyclic amines) is 1. The van der Waals surface area contributed by atoms with Gasteiger partial charge < -0.3 is 14.4 Å². The molecule has 0 radical (unpaired) electrons. The Kier molecular flexibility index (Phi) is 5.72. The molecule has 1 fully saturated rings. The third-order valence-corrected chi connectivity index (χ3v) is 6.51. The predicted molar refractivity (Wildman–Crippen MR) is 113 cm³/mol. The number of piperidine rings is 1. The van der Waals surface area contributed by atoms with Gasteiger partial charge in [-0.25, -0.2) is 4.79 Å². The van der Waals surface area contributed by atoms with Crippen molar-refractivity contribution in [3.8, 4) is 5.75 Å². The van der Waals surface area contributed by atoms with Crippen molar-refractivity contribution >= 4 is 11.0 Å². The number of fused-ring (bicyclic) bond motifs is 1. The van der Waals surface area contributed by atoms with Gasteiger partial charge in [0.05, 0.1) is 12.6 Å². The molecule has 2 aromatic carbocycles. The Morgan fingerprint density at radius 2 is 1.90 bits per heavy atom. The highest BCUT2D eigenvalue weighted by Crippen LogP contribution is 2.28. The normalized spacial score (nSPS) is 19.5. The van der Waals surface area contributed by atoms with Gasteiger partial charge in [0.25, 0.3) is 0 Å². The van der Waals surface area contributed by atoms with Gasteiger partial charge >= 0.3 is 5.63 Å². The molecule has 0 aliphatic carbocycles. The highest BCUT2D eigenvalue weighted by molar-refractivity contribution is 5.85. The Hall–Kier alpha value is -2.59. The molecule has 0 bridgehead atoms. The lowest BCUT2D eigenvalue weighted by atomic mass is 9.96. The van der Waals surface area contributed by atoms with Crippen molar-refractivity contribution in [3.05, 3.63) is 75.1 Å². The van der Waals surface area contributed by atoms with Crippen LogP contribution in [0.25, 0.3) is 11.0 Å². The molecular weight excluding hydrogens is 362 g/mol. The number of quaternary nitrogens is 1. The van der Waals surface area contributed by atoms with E-state index in [0.29, 0.717) is 35.7 Å². The van der Waals surface area contributed by atoms with Gasteiger partial charge in [-0.15, -0.1) is 0 Å². The monoisotopic (exact) mass is 391 g/mol. The fraction of sp³-hybridized carbons (Fsp3) is 0.400. The molecule has 4 heteroatoms. The summed E-state index contributed by atoms with van der Waals surface area (Å²) in [7, 11) is 0. The van der Waals surface area contributed by atoms with Crippen LogP contribution in [0.2, 0.25) is 0 Å². The molecule has 1 aliphatic heterocycles. The van der Waals surface area contributed by atoms with Crippen LogP contribution in [0.4, 0.5) is 0 Å². The molecule has 0 amide bonds. The molecule has 1 aromatic heterocycles. The predicted octanol–water partition coefficient (Wildman–Crippen LogP) is 3.11. The molecule has 152 valence electrons. The zero-order chi connectivity index (χ0) is 20.4. The molecule has 0 saturated carbocycles. The lowest BCUT2D eigenvalue weighted by Crippen LogP contribution is -3.15. The smallest absolute Gasteiger partial charge is 0.340 e. The summed E-state index contributed by atoms with van der Waals surface area (Å²) in [5.41, 5.74) is 3.49. The summed E-state index contributed by atoms with van der Waals surface area (Å²) in [6.45, 7) is 5.89. The van der Waals surface area contributed by atoms with Gasteiger partial charge in [0, 0.05) is 22.9 Å². The van der Waals surface area contributed by atoms with Crippen LogP contribution in [-0.4, -0.2) is 12.6 Å². The molecule has 0 spiro atoms. The van der Waals surface area contributed by atoms with Crippen molar-refractivity contribution in [2.75, 3.05) is 6.54 Å². The van der Waals surface area contributed by atoms with Crippen LogP contribution in [0.3, 0.4) is 0 Å². The van der Waals surface area contributed by atoms with Crippen LogP contribution in [0.5, 0.6) is 5.75 Å². The first-order valence-electron chi connectivity index (χ1n) is 10.7. The van der Waals surface area contributed by atoms with E-state index in [1.807, 2.05) is 43.3 Å². The first-order valence-corrected chi connectivity index (χ1v) is 10.7. The van der Waals surface area contributed by atoms with E-state index in [1.165, 1.54) is 24.2 Å². The van der Waals surface area contributed by atoms with Gasteiger partial charge in [0.1, 0.15) is 12.1 Å². The molecule has 3 aromatic rings. The first-order chi connectivity index (χ1) is 14.1. The number of nitrogens with one attached hydrogen (secondary N) is 1. The van der Waals surface area contributed by atoms with E-state index in [2.05, 4.69) is 6.92 Å². The molecule has 2 atom stereocenters. The molecule has 4 nitrogen and oxygen atoms in total. The van der Waals surface area contributed by atoms with E-state index < -0.39 is 0 Å². The van der Waals surface area contributed by atoms with Gasteiger partial charge in [-0.1, -0.05) is 55.1 Å². The third kappa shape index (κ3) is 3.95. The van der Waals surface area contributed by atoms with E-state index >= 15 is 0 Å². The van der Waals surface area contributed by atoms with Gasteiger partial charge in [-0.05, 0) is 43.7 Å². The summed E-state index contributed by atoms with van der Waals surface area (Å²) < 4.78 is 5.80. The van der Waals surface area contributed by atoms with E-state index in [-0.39, 0.29) is 11.4 Å². The first kappa shape index (κ1) is 19.7. The summed E-state index contributed by atoms with van der Waals surface area (Å²) >= 11 is 0. The average Bonchev–Trinajstić information content (AvgIpc) is 2.74. The Morgan fingerprint density at radius 3 is 2.66 bits per heavy atom. The van der Waals surface area contributed by atoms with Crippen molar-refractivity contribution in [1.29, 1.82) is 0 Å². The molecule has 1 aliphatic rings. The number of rotatable bonds is 5. The number of hydrogen-bond acceptors (Lipinski definition) is 3. The Labute approximate surface area is 171 Å². The van der Waals surface area contributed by atoms with E-state index in [4.69, 9.17) is 4.42 Å². The van der Waals surface area contributed by atoms with Gasteiger partial charge in [-0.2, -0.15) is 0 Å². The van der Waals surface area contributed by atoms with Crippen LogP contribution in [0.15, 0.2) is 51.7 Å². The van der Waals surface area contributed by atoms with E-state index in [1.54, 1.807) is 6.07 Å². The molecule has 1 saturated heterocycles. The van der Waals surface area contributed by atoms with Crippen LogP contribution >= 0.6 is 0 Å². The average molecular weight is 392 g/mol. The lowest BCUT2D eigenvalue weighted by Gasteiger charge is -2.33. The van der Waals surface area contributed by atoms with E-state index in [9.17, 15) is 9.90 Å². The summed E-state index contributed by atoms with van der Waals surface area (Å²) in [5, 5.41) is 13.6. The zero-order valence-electron chi connectivity index (χ0n) is 17.3. The van der Waals surface area contributed by atoms with Crippen LogP contribution in [-0.2, 0) is 13.0 Å². The maximum absolute atomic E-state index is 12.9. The quantitative estimate of drug-likeness (QED) is 0.680. The summed E-state index contributed by atoms with van der Waals surface area (Å²) in [5.74, 6) is -0.0243. The van der Waals surface area contributed by atoms with Gasteiger partial charge in [0.15, 0.2) is 0 Å². The topological polar surface area (TPSA) is 57.7 Å². The molecular formula is C25H29NO3. The van der Waals surface area contributed by atoms with Crippen molar-refractivity contribution < 1.29 is 14.4 Å². The minimum Gasteiger partial charge on any atom is -0.872 e. The minimum atomic E-state index is -0.327. The van der Waals surface area contributed by atoms with Gasteiger partial charge in [-0.3, -0.25) is 0 Å². The lowest BCUT2D eigenvalue weighted by molar-refractivity contribution is -0.944. The zero-order valence-corrected chi connectivity index (χ0v) is 17.3. The molecule has 2 heterocycles. The van der Waals surface area contributed by atoms with Crippen molar-refractivity contribution in [2.45, 2.75) is 58.5 Å². The molecule has 1 N–H and O–H groups in total. The maximum atomic E-state index is 12.9. The Balaban J connectivity index is 1.76. The van der Waals surface area contributed by atoms with Crippen LogP contribution < -0.4 is 15.6 Å². The second-order valence-electron chi connectivity index (χ2n) is 8.26. The fourth-order valence-electron chi connectivity index (χ4n) is 4.77. The molecule has 2 unspecified atom stereocenters. The number of benzene rings is 2. The number of hydrogen-bond donors (Lipinski definition) is 1. The summed E-state index contributed by atoms with van der Waals surface area (Å²) in [6, 6.07) is 14.0. The highest BCUT2D eigenvalue weighted by atomic mass is 16.4. The minimum absolute atomic E-state index is 0.0243. The Bertz CT molecular complexity index is 1060. The van der Waals surface area contributed by atoms with Crippen LogP contribution in [0.1, 0.15) is 54.9 Å². The van der Waals surface area contributed by atoms with Crippen molar-refractivity contribution in [3.63, 3.8) is 0 Å². The second kappa shape index (κ2) is 8.42. The summed E-state index contributed by atoms with van der Waals surface area (Å²) in [4.78, 5) is 14.3. The fourth-order valence-corrected chi connectivity index (χ4v) is 4.77. The third-order valence-electron chi connectivity index (χ3n) is 6.51. The maximum Gasteiger partial charge on any atom is 0.340 e. The van der Waals surface area contributed by atoms with Crippen LogP contribution in [0, 0.1) is 6.92 Å². The standard InChI is InChI=1S/C25H29NO3/c1-3-19-11-7-8-14-26(19)16-22-23(27)13-12-20-17(2)21(25(28)29-24(20)22)15-18-9-5-4-6-10-18/h4-6,9-10,12-13,19,27H,3,7-8,11,14-16H2,1-2H3. The summed E-state index contributed by atoms with van der Waals surface area (Å²) in [6.07, 6.45) is 5.30. The second-order valence-corrected chi connectivity index (χ2v) is 8.26. The highest BCUT2D eigenvalue weighted by Gasteiger charge is 2.26. The molecule has 29 heavy (non-hydrogen) atoms. The SMILES string of the molecule is CCC1CCCC[NH+]1Cc1c([O-])ccc2c(C)c(Cc3ccccc3)c(=O)oc12. The Morgan fingerprint density at radius 1 is 1.10 bits per heavy atom. The largest absolute Gasteiger partial charge is 0.872 e. The number of aryl methyl sites for hydroxylation is 1. The van der Waals surface area contributed by atoms with Crippen molar-refractivity contribution in [2.24, 2.45) is 0 Å². The van der Waals surface area contributed by atoms with E-state index in [0.717, 1.165) is 29.5 Å². The molecule has 4 rings (SSSR count). The van der Waals surface area contributed by atoms with Crippen molar-refractivity contribution in [1.82, 2.24) is 0 Å². The van der Waals surface area contributed by atoms with Gasteiger partial charge in [0.2, 0.25) is 0 Å².